The van der Waals surface area contributed by atoms with E-state index in [-0.39, 0.29) is 0 Å². The Hall–Kier alpha value is -3.98. The summed E-state index contributed by atoms with van der Waals surface area (Å²) in [5.41, 5.74) is 3.16. The Labute approximate surface area is 191 Å². The van der Waals surface area contributed by atoms with Crippen molar-refractivity contribution in [3.05, 3.63) is 66.2 Å². The summed E-state index contributed by atoms with van der Waals surface area (Å²) in [5, 5.41) is 14.2. The Balaban J connectivity index is 1.37. The van der Waals surface area contributed by atoms with Crippen LogP contribution in [0.5, 0.6) is 0 Å². The molecule has 2 aromatic carbocycles. The van der Waals surface area contributed by atoms with Gasteiger partial charge in [-0.3, -0.25) is 0 Å². The van der Waals surface area contributed by atoms with Crippen LogP contribution in [-0.4, -0.2) is 55.1 Å². The van der Waals surface area contributed by atoms with Crippen LogP contribution >= 0.6 is 0 Å². The van der Waals surface area contributed by atoms with E-state index in [1.165, 1.54) is 0 Å². The van der Waals surface area contributed by atoms with E-state index in [4.69, 9.17) is 9.47 Å². The highest BCUT2D eigenvalue weighted by atomic mass is 16.5. The second-order valence-electron chi connectivity index (χ2n) is 7.33. The lowest BCUT2D eigenvalue weighted by Crippen LogP contribution is -2.36. The van der Waals surface area contributed by atoms with Crippen molar-refractivity contribution in [1.82, 2.24) is 10.2 Å². The number of hydrogen-bond acceptors (Lipinski definition) is 7. The van der Waals surface area contributed by atoms with Gasteiger partial charge in [0.05, 0.1) is 31.1 Å². The number of carbonyl (C=O) groups excluding carboxylic acids is 2. The lowest BCUT2D eigenvalue weighted by Gasteiger charge is -2.27. The average molecular weight is 447 g/mol. The topological polar surface area (TPSA) is 106 Å². The molecule has 9 heteroatoms. The van der Waals surface area contributed by atoms with E-state index in [1.807, 2.05) is 30.3 Å². The van der Waals surface area contributed by atoms with Gasteiger partial charge < -0.3 is 25.0 Å². The largest absolute Gasteiger partial charge is 0.462 e. The molecule has 0 spiro atoms. The lowest BCUT2D eigenvalue weighted by atomic mass is 10.1. The molecule has 1 saturated heterocycles. The van der Waals surface area contributed by atoms with Crippen molar-refractivity contribution in [2.75, 3.05) is 48.4 Å². The van der Waals surface area contributed by atoms with Crippen LogP contribution in [0.15, 0.2) is 60.7 Å². The molecule has 0 atom stereocenters. The number of morpholine rings is 1. The number of nitrogens with one attached hydrogen (secondary N) is 2. The highest BCUT2D eigenvalue weighted by Gasteiger charge is 2.13. The zero-order valence-corrected chi connectivity index (χ0v) is 18.3. The van der Waals surface area contributed by atoms with E-state index in [2.05, 4.69) is 25.7 Å². The Bertz CT molecular complexity index is 1100. The fraction of sp³-hybridized carbons (Fsp3) is 0.250. The van der Waals surface area contributed by atoms with Crippen LogP contribution in [0.4, 0.5) is 22.0 Å². The fourth-order valence-corrected chi connectivity index (χ4v) is 3.39. The van der Waals surface area contributed by atoms with Crippen LogP contribution in [0.2, 0.25) is 0 Å². The molecule has 2 heterocycles. The number of esters is 1. The van der Waals surface area contributed by atoms with Gasteiger partial charge in [-0.2, -0.15) is 0 Å². The average Bonchev–Trinajstić information content (AvgIpc) is 2.85. The molecule has 33 heavy (non-hydrogen) atoms. The van der Waals surface area contributed by atoms with Crippen LogP contribution in [-0.2, 0) is 9.47 Å². The standard InChI is InChI=1S/C24H25N5O4/c1-2-33-23(30)17-6-8-19(9-7-17)25-24(31)26-20-5-3-4-18(16-20)21-10-11-22(28-27-21)29-12-14-32-15-13-29/h3-11,16H,2,12-15H2,1H3,(H2,25,26,31). The first-order valence-electron chi connectivity index (χ1n) is 10.7. The predicted molar refractivity (Wildman–Crippen MR) is 126 cm³/mol. The van der Waals surface area contributed by atoms with Crippen LogP contribution in [0, 0.1) is 0 Å². The molecule has 3 aromatic rings. The number of nitrogens with zero attached hydrogens (tertiary/aromatic N) is 3. The number of hydrogen-bond donors (Lipinski definition) is 2. The van der Waals surface area contributed by atoms with Crippen molar-refractivity contribution in [2.24, 2.45) is 0 Å². The van der Waals surface area contributed by atoms with Crippen LogP contribution in [0.25, 0.3) is 11.3 Å². The molecule has 0 saturated carbocycles. The molecule has 2 amide bonds. The zero-order valence-electron chi connectivity index (χ0n) is 18.3. The number of urea groups is 1. The van der Waals surface area contributed by atoms with Gasteiger partial charge in [0.25, 0.3) is 0 Å². The van der Waals surface area contributed by atoms with Gasteiger partial charge in [0.15, 0.2) is 5.82 Å². The summed E-state index contributed by atoms with van der Waals surface area (Å²) in [6.45, 7) is 5.04. The van der Waals surface area contributed by atoms with Crippen molar-refractivity contribution in [3.8, 4) is 11.3 Å². The number of anilines is 3. The molecule has 1 fully saturated rings. The highest BCUT2D eigenvalue weighted by Crippen LogP contribution is 2.22. The predicted octanol–water partition coefficient (Wildman–Crippen LogP) is 3.80. The number of carbonyl (C=O) groups is 2. The van der Waals surface area contributed by atoms with Gasteiger partial charge in [0.2, 0.25) is 0 Å². The second-order valence-corrected chi connectivity index (χ2v) is 7.33. The van der Waals surface area contributed by atoms with E-state index in [0.717, 1.165) is 24.5 Å². The molecule has 9 nitrogen and oxygen atoms in total. The summed E-state index contributed by atoms with van der Waals surface area (Å²) in [6, 6.07) is 17.4. The van der Waals surface area contributed by atoms with E-state index < -0.39 is 12.0 Å². The summed E-state index contributed by atoms with van der Waals surface area (Å²) in [6.07, 6.45) is 0. The number of rotatable bonds is 6. The molecule has 0 bridgehead atoms. The Morgan fingerprint density at radius 2 is 1.73 bits per heavy atom. The first-order valence-corrected chi connectivity index (χ1v) is 10.7. The summed E-state index contributed by atoms with van der Waals surface area (Å²) in [5.74, 6) is 0.427. The third-order valence-electron chi connectivity index (χ3n) is 5.06. The van der Waals surface area contributed by atoms with Crippen molar-refractivity contribution >= 4 is 29.2 Å². The normalized spacial score (nSPS) is 13.3. The zero-order chi connectivity index (χ0) is 23.0. The summed E-state index contributed by atoms with van der Waals surface area (Å²) >= 11 is 0. The first-order chi connectivity index (χ1) is 16.1. The third-order valence-corrected chi connectivity index (χ3v) is 5.06. The van der Waals surface area contributed by atoms with Crippen molar-refractivity contribution in [2.45, 2.75) is 6.92 Å². The van der Waals surface area contributed by atoms with Gasteiger partial charge in [-0.1, -0.05) is 12.1 Å². The van der Waals surface area contributed by atoms with Crippen LogP contribution < -0.4 is 15.5 Å². The van der Waals surface area contributed by atoms with Gasteiger partial charge in [-0.15, -0.1) is 10.2 Å². The maximum Gasteiger partial charge on any atom is 0.338 e. The van der Waals surface area contributed by atoms with Gasteiger partial charge in [0.1, 0.15) is 0 Å². The lowest BCUT2D eigenvalue weighted by molar-refractivity contribution is 0.0526. The quantitative estimate of drug-likeness (QED) is 0.554. The smallest absolute Gasteiger partial charge is 0.338 e. The van der Waals surface area contributed by atoms with Crippen molar-refractivity contribution in [1.29, 1.82) is 0 Å². The van der Waals surface area contributed by atoms with Gasteiger partial charge >= 0.3 is 12.0 Å². The fourth-order valence-electron chi connectivity index (χ4n) is 3.39. The molecule has 0 unspecified atom stereocenters. The number of benzene rings is 2. The molecule has 2 N–H and O–H groups in total. The number of amides is 2. The maximum absolute atomic E-state index is 12.4. The number of ether oxygens (including phenoxy) is 2. The SMILES string of the molecule is CCOC(=O)c1ccc(NC(=O)Nc2cccc(-c3ccc(N4CCOCC4)nn3)c2)cc1. The van der Waals surface area contributed by atoms with Gasteiger partial charge in [0, 0.05) is 30.0 Å². The van der Waals surface area contributed by atoms with Gasteiger partial charge in [-0.05, 0) is 55.5 Å². The minimum absolute atomic E-state index is 0.309. The van der Waals surface area contributed by atoms with Crippen molar-refractivity contribution in [3.63, 3.8) is 0 Å². The number of aromatic nitrogens is 2. The monoisotopic (exact) mass is 447 g/mol. The molecule has 4 rings (SSSR count). The van der Waals surface area contributed by atoms with E-state index in [0.29, 0.717) is 42.5 Å². The van der Waals surface area contributed by atoms with Crippen molar-refractivity contribution < 1.29 is 19.1 Å². The molecule has 1 aliphatic rings. The third kappa shape index (κ3) is 5.83. The molecule has 170 valence electrons. The first kappa shape index (κ1) is 22.2. The summed E-state index contributed by atoms with van der Waals surface area (Å²) < 4.78 is 10.3. The molecular weight excluding hydrogens is 422 g/mol. The molecule has 1 aromatic heterocycles. The Morgan fingerprint density at radius 1 is 0.970 bits per heavy atom. The second kappa shape index (κ2) is 10.6. The molecule has 0 aliphatic carbocycles. The molecular formula is C24H25N5O4. The van der Waals surface area contributed by atoms with E-state index in [1.54, 1.807) is 37.3 Å². The summed E-state index contributed by atoms with van der Waals surface area (Å²) in [4.78, 5) is 26.3. The molecule has 1 aliphatic heterocycles. The van der Waals surface area contributed by atoms with E-state index >= 15 is 0 Å². The van der Waals surface area contributed by atoms with Crippen LogP contribution in [0.3, 0.4) is 0 Å². The highest BCUT2D eigenvalue weighted by molar-refractivity contribution is 6.00. The van der Waals surface area contributed by atoms with Crippen LogP contribution in [0.1, 0.15) is 17.3 Å². The van der Waals surface area contributed by atoms with E-state index in [9.17, 15) is 9.59 Å². The van der Waals surface area contributed by atoms with Gasteiger partial charge in [-0.25, -0.2) is 9.59 Å². The minimum Gasteiger partial charge on any atom is -0.462 e. The maximum atomic E-state index is 12.4. The molecule has 0 radical (unpaired) electrons. The Morgan fingerprint density at radius 3 is 2.42 bits per heavy atom. The summed E-state index contributed by atoms with van der Waals surface area (Å²) in [7, 11) is 0. The minimum atomic E-state index is -0.398. The Kier molecular flexibility index (Phi) is 7.11.